The average Bonchev–Trinajstić information content (AvgIpc) is 2.30. The maximum absolute atomic E-state index is 13.6. The highest BCUT2D eigenvalue weighted by Crippen LogP contribution is 2.20. The second-order valence-electron chi connectivity index (χ2n) is 3.58. The third kappa shape index (κ3) is 3.34. The first-order chi connectivity index (χ1) is 7.97. The molecule has 0 bridgehead atoms. The standard InChI is InChI=1S/C11H14F2N2OS/c1-6(16-2)5-15-8-4-3-7(11(14)17)9(12)10(8)13/h3-4,6,15H,5H2,1-2H3,(H2,14,17). The quantitative estimate of drug-likeness (QED) is 0.795. The number of methoxy groups -OCH3 is 1. The minimum absolute atomic E-state index is 0.0615. The molecule has 0 aliphatic carbocycles. The molecule has 1 rings (SSSR count). The molecular formula is C11H14F2N2OS. The van der Waals surface area contributed by atoms with Crippen molar-refractivity contribution in [1.29, 1.82) is 0 Å². The van der Waals surface area contributed by atoms with Gasteiger partial charge in [-0.05, 0) is 19.1 Å². The lowest BCUT2D eigenvalue weighted by Gasteiger charge is -2.13. The minimum Gasteiger partial charge on any atom is -0.389 e. The molecule has 1 atom stereocenters. The maximum atomic E-state index is 13.6. The predicted octanol–water partition coefficient (Wildman–Crippen LogP) is 2.05. The van der Waals surface area contributed by atoms with Crippen LogP contribution in [-0.4, -0.2) is 24.7 Å². The summed E-state index contributed by atoms with van der Waals surface area (Å²) in [5.41, 5.74) is 5.23. The van der Waals surface area contributed by atoms with E-state index in [9.17, 15) is 8.78 Å². The van der Waals surface area contributed by atoms with Gasteiger partial charge >= 0.3 is 0 Å². The maximum Gasteiger partial charge on any atom is 0.182 e. The van der Waals surface area contributed by atoms with E-state index in [0.29, 0.717) is 6.54 Å². The van der Waals surface area contributed by atoms with Crippen molar-refractivity contribution >= 4 is 22.9 Å². The smallest absolute Gasteiger partial charge is 0.182 e. The van der Waals surface area contributed by atoms with Crippen LogP contribution in [0.15, 0.2) is 12.1 Å². The largest absolute Gasteiger partial charge is 0.389 e. The van der Waals surface area contributed by atoms with Crippen molar-refractivity contribution in [3.05, 3.63) is 29.3 Å². The molecule has 6 heteroatoms. The molecule has 0 aromatic heterocycles. The Morgan fingerprint density at radius 1 is 1.47 bits per heavy atom. The third-order valence-electron chi connectivity index (χ3n) is 2.33. The third-order valence-corrected chi connectivity index (χ3v) is 2.55. The normalized spacial score (nSPS) is 12.2. The molecule has 0 saturated carbocycles. The minimum atomic E-state index is -1.03. The molecule has 0 saturated heterocycles. The number of thiocarbonyl (C=S) groups is 1. The van der Waals surface area contributed by atoms with Gasteiger partial charge in [0.15, 0.2) is 11.6 Å². The highest BCUT2D eigenvalue weighted by atomic mass is 32.1. The van der Waals surface area contributed by atoms with Crippen molar-refractivity contribution < 1.29 is 13.5 Å². The van der Waals surface area contributed by atoms with Crippen LogP contribution in [0.5, 0.6) is 0 Å². The van der Waals surface area contributed by atoms with E-state index in [2.05, 4.69) is 17.5 Å². The summed E-state index contributed by atoms with van der Waals surface area (Å²) < 4.78 is 32.1. The first-order valence-electron chi connectivity index (χ1n) is 5.01. The van der Waals surface area contributed by atoms with Gasteiger partial charge in [-0.15, -0.1) is 0 Å². The van der Waals surface area contributed by atoms with Gasteiger partial charge in [-0.2, -0.15) is 0 Å². The van der Waals surface area contributed by atoms with Crippen molar-refractivity contribution in [2.75, 3.05) is 19.0 Å². The van der Waals surface area contributed by atoms with Gasteiger partial charge in [0.25, 0.3) is 0 Å². The molecule has 0 spiro atoms. The number of rotatable bonds is 5. The second kappa shape index (κ2) is 5.88. The Labute approximate surface area is 104 Å². The summed E-state index contributed by atoms with van der Waals surface area (Å²) in [6, 6.07) is 2.75. The summed E-state index contributed by atoms with van der Waals surface area (Å²) in [6.07, 6.45) is -0.104. The van der Waals surface area contributed by atoms with Crippen LogP contribution >= 0.6 is 12.2 Å². The van der Waals surface area contributed by atoms with Crippen LogP contribution in [0.3, 0.4) is 0 Å². The highest BCUT2D eigenvalue weighted by molar-refractivity contribution is 7.80. The molecule has 1 unspecified atom stereocenters. The van der Waals surface area contributed by atoms with E-state index in [0.717, 1.165) is 0 Å². The van der Waals surface area contributed by atoms with Gasteiger partial charge < -0.3 is 15.8 Å². The number of hydrogen-bond donors (Lipinski definition) is 2. The molecule has 0 aliphatic rings. The Morgan fingerprint density at radius 2 is 2.12 bits per heavy atom. The van der Waals surface area contributed by atoms with Crippen molar-refractivity contribution in [2.24, 2.45) is 5.73 Å². The van der Waals surface area contributed by atoms with E-state index in [1.807, 2.05) is 6.92 Å². The molecule has 1 aromatic carbocycles. The second-order valence-corrected chi connectivity index (χ2v) is 4.02. The molecular weight excluding hydrogens is 246 g/mol. The summed E-state index contributed by atoms with van der Waals surface area (Å²) in [6.45, 7) is 2.18. The van der Waals surface area contributed by atoms with E-state index < -0.39 is 11.6 Å². The number of ether oxygens (including phenoxy) is 1. The molecule has 1 aromatic rings. The van der Waals surface area contributed by atoms with Crippen LogP contribution in [0.4, 0.5) is 14.5 Å². The van der Waals surface area contributed by atoms with Crippen LogP contribution in [0.2, 0.25) is 0 Å². The fourth-order valence-electron chi connectivity index (χ4n) is 1.21. The zero-order valence-electron chi connectivity index (χ0n) is 9.59. The molecule has 0 amide bonds. The molecule has 0 radical (unpaired) electrons. The molecule has 3 nitrogen and oxygen atoms in total. The van der Waals surface area contributed by atoms with Crippen molar-refractivity contribution in [1.82, 2.24) is 0 Å². The first-order valence-corrected chi connectivity index (χ1v) is 5.42. The average molecular weight is 260 g/mol. The van der Waals surface area contributed by atoms with Crippen molar-refractivity contribution in [3.63, 3.8) is 0 Å². The van der Waals surface area contributed by atoms with Crippen LogP contribution in [0.25, 0.3) is 0 Å². The number of nitrogens with one attached hydrogen (secondary N) is 1. The summed E-state index contributed by atoms with van der Waals surface area (Å²) in [5.74, 6) is -2.02. The number of benzene rings is 1. The van der Waals surface area contributed by atoms with Crippen molar-refractivity contribution in [2.45, 2.75) is 13.0 Å². The zero-order chi connectivity index (χ0) is 13.0. The highest BCUT2D eigenvalue weighted by Gasteiger charge is 2.15. The lowest BCUT2D eigenvalue weighted by molar-refractivity contribution is 0.128. The van der Waals surface area contributed by atoms with E-state index in [1.54, 1.807) is 7.11 Å². The predicted molar refractivity (Wildman–Crippen MR) is 67.2 cm³/mol. The molecule has 3 N–H and O–H groups in total. The molecule has 0 aliphatic heterocycles. The van der Waals surface area contributed by atoms with Crippen LogP contribution in [-0.2, 0) is 4.74 Å². The first kappa shape index (κ1) is 13.8. The van der Waals surface area contributed by atoms with E-state index >= 15 is 0 Å². The fraction of sp³-hybridized carbons (Fsp3) is 0.364. The molecule has 17 heavy (non-hydrogen) atoms. The molecule has 0 fully saturated rings. The Balaban J connectivity index is 2.89. The fourth-order valence-corrected chi connectivity index (χ4v) is 1.37. The summed E-state index contributed by atoms with van der Waals surface area (Å²) in [4.78, 5) is -0.168. The molecule has 0 heterocycles. The topological polar surface area (TPSA) is 47.3 Å². The lowest BCUT2D eigenvalue weighted by atomic mass is 10.1. The van der Waals surface area contributed by atoms with Crippen LogP contribution in [0, 0.1) is 11.6 Å². The van der Waals surface area contributed by atoms with Crippen LogP contribution in [0.1, 0.15) is 12.5 Å². The number of halogens is 2. The Kier molecular flexibility index (Phi) is 4.77. The van der Waals surface area contributed by atoms with Crippen molar-refractivity contribution in [3.8, 4) is 0 Å². The summed E-state index contributed by atoms with van der Waals surface area (Å²) in [5, 5.41) is 2.75. The Bertz CT molecular complexity index is 426. The van der Waals surface area contributed by atoms with Gasteiger partial charge in [0, 0.05) is 19.2 Å². The van der Waals surface area contributed by atoms with Gasteiger partial charge in [-0.3, -0.25) is 0 Å². The van der Waals surface area contributed by atoms with Gasteiger partial charge in [0.1, 0.15) is 4.99 Å². The van der Waals surface area contributed by atoms with Gasteiger partial charge in [0.05, 0.1) is 11.8 Å². The van der Waals surface area contributed by atoms with E-state index in [1.165, 1.54) is 12.1 Å². The Hall–Kier alpha value is -1.27. The van der Waals surface area contributed by atoms with E-state index in [4.69, 9.17) is 10.5 Å². The number of hydrogen-bond acceptors (Lipinski definition) is 3. The SMILES string of the molecule is COC(C)CNc1ccc(C(N)=S)c(F)c1F. The number of nitrogens with two attached hydrogens (primary N) is 1. The summed E-state index contributed by atoms with van der Waals surface area (Å²) >= 11 is 4.61. The lowest BCUT2D eigenvalue weighted by Crippen LogP contribution is -2.19. The van der Waals surface area contributed by atoms with Gasteiger partial charge in [-0.1, -0.05) is 12.2 Å². The molecule has 94 valence electrons. The Morgan fingerprint density at radius 3 is 2.65 bits per heavy atom. The summed E-state index contributed by atoms with van der Waals surface area (Å²) in [7, 11) is 1.54. The van der Waals surface area contributed by atoms with Crippen LogP contribution < -0.4 is 11.1 Å². The monoisotopic (exact) mass is 260 g/mol. The van der Waals surface area contributed by atoms with Gasteiger partial charge in [-0.25, -0.2) is 8.78 Å². The zero-order valence-corrected chi connectivity index (χ0v) is 10.4. The van der Waals surface area contributed by atoms with E-state index in [-0.39, 0.29) is 22.3 Å². The van der Waals surface area contributed by atoms with Gasteiger partial charge in [0.2, 0.25) is 0 Å². The number of anilines is 1.